The second-order valence-corrected chi connectivity index (χ2v) is 5.23. The van der Waals surface area contributed by atoms with Crippen molar-refractivity contribution in [2.24, 2.45) is 0 Å². The molecule has 0 radical (unpaired) electrons. The number of aliphatic hydroxyl groups excluding tert-OH is 1. The summed E-state index contributed by atoms with van der Waals surface area (Å²) >= 11 is 0. The summed E-state index contributed by atoms with van der Waals surface area (Å²) in [4.78, 5) is 0. The van der Waals surface area contributed by atoms with Crippen LogP contribution in [0.5, 0.6) is 0 Å². The van der Waals surface area contributed by atoms with Crippen LogP contribution in [0.2, 0.25) is 0 Å². The molecule has 0 saturated carbocycles. The number of unbranched alkanes of at least 4 members (excludes halogenated alkanes) is 6. The predicted octanol–water partition coefficient (Wildman–Crippen LogP) is 4.30. The van der Waals surface area contributed by atoms with E-state index in [0.717, 1.165) is 19.4 Å². The van der Waals surface area contributed by atoms with Gasteiger partial charge >= 0.3 is 0 Å². The maximum atomic E-state index is 9.16. The van der Waals surface area contributed by atoms with Crippen molar-refractivity contribution in [2.75, 3.05) is 6.61 Å². The molecule has 104 valence electrons. The van der Waals surface area contributed by atoms with E-state index in [1.165, 1.54) is 44.9 Å². The Kier molecular flexibility index (Phi) is 12.3. The van der Waals surface area contributed by atoms with Crippen molar-refractivity contribution in [3.8, 4) is 0 Å². The average Bonchev–Trinajstić information content (AvgIpc) is 2.30. The van der Waals surface area contributed by atoms with Crippen LogP contribution in [0.15, 0.2) is 0 Å². The van der Waals surface area contributed by atoms with E-state index in [2.05, 4.69) is 13.8 Å². The summed E-state index contributed by atoms with van der Waals surface area (Å²) in [5, 5.41) is 9.16. The van der Waals surface area contributed by atoms with Crippen LogP contribution in [-0.4, -0.2) is 23.9 Å². The molecule has 2 atom stereocenters. The molecule has 2 nitrogen and oxygen atoms in total. The van der Waals surface area contributed by atoms with Gasteiger partial charge in [0.2, 0.25) is 0 Å². The van der Waals surface area contributed by atoms with Crippen LogP contribution in [-0.2, 0) is 4.74 Å². The molecular formula is C15H32O2. The Morgan fingerprint density at radius 1 is 0.882 bits per heavy atom. The normalized spacial score (nSPS) is 14.8. The molecule has 0 aliphatic heterocycles. The molecule has 0 aliphatic carbocycles. The van der Waals surface area contributed by atoms with Crippen LogP contribution in [0.4, 0.5) is 0 Å². The minimum atomic E-state index is -0.195. The zero-order chi connectivity index (χ0) is 12.9. The number of ether oxygens (including phenoxy) is 1. The third-order valence-electron chi connectivity index (χ3n) is 3.14. The second kappa shape index (κ2) is 12.4. The highest BCUT2D eigenvalue weighted by molar-refractivity contribution is 4.55. The van der Waals surface area contributed by atoms with Crippen molar-refractivity contribution in [3.05, 3.63) is 0 Å². The summed E-state index contributed by atoms with van der Waals surface area (Å²) in [6.45, 7) is 7.07. The molecule has 0 aromatic carbocycles. The van der Waals surface area contributed by atoms with E-state index in [1.54, 1.807) is 0 Å². The van der Waals surface area contributed by atoms with Crippen LogP contribution >= 0.6 is 0 Å². The lowest BCUT2D eigenvalue weighted by Gasteiger charge is -2.13. The van der Waals surface area contributed by atoms with E-state index < -0.39 is 0 Å². The molecule has 0 spiro atoms. The van der Waals surface area contributed by atoms with Gasteiger partial charge in [-0.15, -0.1) is 0 Å². The van der Waals surface area contributed by atoms with E-state index >= 15 is 0 Å². The third-order valence-corrected chi connectivity index (χ3v) is 3.14. The van der Waals surface area contributed by atoms with Crippen LogP contribution in [0.1, 0.15) is 78.6 Å². The first kappa shape index (κ1) is 16.9. The van der Waals surface area contributed by atoms with E-state index in [-0.39, 0.29) is 6.10 Å². The summed E-state index contributed by atoms with van der Waals surface area (Å²) in [7, 11) is 0. The second-order valence-electron chi connectivity index (χ2n) is 5.23. The van der Waals surface area contributed by atoms with Crippen molar-refractivity contribution < 1.29 is 9.84 Å². The van der Waals surface area contributed by atoms with Gasteiger partial charge in [0.15, 0.2) is 0 Å². The SMILES string of the molecule is CCCCCCCCCOC(C)CCC(C)O. The van der Waals surface area contributed by atoms with Crippen LogP contribution in [0.25, 0.3) is 0 Å². The molecule has 0 amide bonds. The fraction of sp³-hybridized carbons (Fsp3) is 1.00. The molecule has 0 fully saturated rings. The van der Waals surface area contributed by atoms with Crippen molar-refractivity contribution in [2.45, 2.75) is 90.8 Å². The minimum absolute atomic E-state index is 0.195. The zero-order valence-corrected chi connectivity index (χ0v) is 12.1. The van der Waals surface area contributed by atoms with Gasteiger partial charge in [-0.2, -0.15) is 0 Å². The molecule has 0 heterocycles. The highest BCUT2D eigenvalue weighted by Crippen LogP contribution is 2.09. The van der Waals surface area contributed by atoms with Gasteiger partial charge in [0.05, 0.1) is 12.2 Å². The number of aliphatic hydroxyl groups is 1. The van der Waals surface area contributed by atoms with E-state index in [1.807, 2.05) is 6.92 Å². The molecule has 0 aliphatic rings. The Morgan fingerprint density at radius 3 is 2.06 bits per heavy atom. The van der Waals surface area contributed by atoms with Gasteiger partial charge in [-0.1, -0.05) is 45.4 Å². The Morgan fingerprint density at radius 2 is 1.47 bits per heavy atom. The highest BCUT2D eigenvalue weighted by Gasteiger charge is 2.04. The van der Waals surface area contributed by atoms with E-state index in [4.69, 9.17) is 9.84 Å². The average molecular weight is 244 g/mol. The monoisotopic (exact) mass is 244 g/mol. The van der Waals surface area contributed by atoms with Crippen LogP contribution in [0, 0.1) is 0 Å². The van der Waals surface area contributed by atoms with Crippen molar-refractivity contribution in [3.63, 3.8) is 0 Å². The quantitative estimate of drug-likeness (QED) is 0.519. The van der Waals surface area contributed by atoms with Crippen LogP contribution < -0.4 is 0 Å². The Labute approximate surface area is 108 Å². The Hall–Kier alpha value is -0.0800. The van der Waals surface area contributed by atoms with Gasteiger partial charge in [-0.25, -0.2) is 0 Å². The fourth-order valence-electron chi connectivity index (χ4n) is 1.90. The van der Waals surface area contributed by atoms with Gasteiger partial charge in [0, 0.05) is 6.61 Å². The Balaban J connectivity index is 3.11. The van der Waals surface area contributed by atoms with Gasteiger partial charge < -0.3 is 9.84 Å². The Bertz CT molecular complexity index is 146. The summed E-state index contributed by atoms with van der Waals surface area (Å²) in [6, 6.07) is 0. The van der Waals surface area contributed by atoms with Gasteiger partial charge in [0.25, 0.3) is 0 Å². The van der Waals surface area contributed by atoms with Crippen molar-refractivity contribution in [1.29, 1.82) is 0 Å². The van der Waals surface area contributed by atoms with Crippen molar-refractivity contribution in [1.82, 2.24) is 0 Å². The molecular weight excluding hydrogens is 212 g/mol. The number of rotatable bonds is 12. The molecule has 17 heavy (non-hydrogen) atoms. The van der Waals surface area contributed by atoms with Crippen molar-refractivity contribution >= 4 is 0 Å². The molecule has 2 heteroatoms. The van der Waals surface area contributed by atoms with E-state index in [0.29, 0.717) is 6.10 Å². The molecule has 2 unspecified atom stereocenters. The number of hydrogen-bond acceptors (Lipinski definition) is 2. The van der Waals surface area contributed by atoms with Crippen LogP contribution in [0.3, 0.4) is 0 Å². The fourth-order valence-corrected chi connectivity index (χ4v) is 1.90. The van der Waals surface area contributed by atoms with Gasteiger partial charge in [-0.05, 0) is 33.1 Å². The lowest BCUT2D eigenvalue weighted by Crippen LogP contribution is -2.12. The summed E-state index contributed by atoms with van der Waals surface area (Å²) in [5.41, 5.74) is 0. The molecule has 0 rings (SSSR count). The topological polar surface area (TPSA) is 29.5 Å². The van der Waals surface area contributed by atoms with E-state index in [9.17, 15) is 0 Å². The first-order valence-corrected chi connectivity index (χ1v) is 7.46. The number of hydrogen-bond donors (Lipinski definition) is 1. The molecule has 0 bridgehead atoms. The lowest BCUT2D eigenvalue weighted by atomic mass is 10.1. The van der Waals surface area contributed by atoms with Gasteiger partial charge in [-0.3, -0.25) is 0 Å². The maximum absolute atomic E-state index is 9.16. The first-order valence-electron chi connectivity index (χ1n) is 7.46. The standard InChI is InChI=1S/C15H32O2/c1-4-5-6-7-8-9-10-13-17-15(3)12-11-14(2)16/h14-16H,4-13H2,1-3H3. The maximum Gasteiger partial charge on any atom is 0.0547 e. The summed E-state index contributed by atoms with van der Waals surface area (Å²) in [5.74, 6) is 0. The molecule has 0 aromatic heterocycles. The molecule has 1 N–H and O–H groups in total. The predicted molar refractivity (Wildman–Crippen MR) is 74.3 cm³/mol. The smallest absolute Gasteiger partial charge is 0.0547 e. The molecule has 0 aromatic rings. The summed E-state index contributed by atoms with van der Waals surface area (Å²) in [6.07, 6.45) is 11.2. The lowest BCUT2D eigenvalue weighted by molar-refractivity contribution is 0.0461. The highest BCUT2D eigenvalue weighted by atomic mass is 16.5. The largest absolute Gasteiger partial charge is 0.393 e. The molecule has 0 saturated heterocycles. The van der Waals surface area contributed by atoms with Gasteiger partial charge in [0.1, 0.15) is 0 Å². The first-order chi connectivity index (χ1) is 8.16. The third kappa shape index (κ3) is 13.9. The zero-order valence-electron chi connectivity index (χ0n) is 12.1. The minimum Gasteiger partial charge on any atom is -0.393 e. The summed E-state index contributed by atoms with van der Waals surface area (Å²) < 4.78 is 5.71.